The predicted octanol–water partition coefficient (Wildman–Crippen LogP) is 6.15. The highest BCUT2D eigenvalue weighted by molar-refractivity contribution is 5.75. The monoisotopic (exact) mass is 707 g/mol. The third kappa shape index (κ3) is 19.2. The van der Waals surface area contributed by atoms with E-state index in [4.69, 9.17) is 19.7 Å². The van der Waals surface area contributed by atoms with Gasteiger partial charge in [-0.25, -0.2) is 9.59 Å². The number of hydrogen-bond acceptors (Lipinski definition) is 8. The number of allylic oxidation sites excluding steroid dienone is 12. The molecule has 51 heavy (non-hydrogen) atoms. The molecule has 2 rings (SSSR count). The number of H-pyrrole nitrogens is 1. The molecule has 0 aromatic carbocycles. The highest BCUT2D eigenvalue weighted by atomic mass is 16.6. The van der Waals surface area contributed by atoms with Crippen molar-refractivity contribution in [1.82, 2.24) is 20.2 Å². The van der Waals surface area contributed by atoms with E-state index in [1.54, 1.807) is 6.92 Å². The summed E-state index contributed by atoms with van der Waals surface area (Å²) in [6.45, 7) is 4.50. The molecule has 1 aromatic heterocycles. The van der Waals surface area contributed by atoms with Crippen molar-refractivity contribution in [3.8, 4) is 0 Å². The minimum atomic E-state index is -0.800. The molecule has 1 aliphatic heterocycles. The molecule has 1 aromatic rings. The zero-order valence-corrected chi connectivity index (χ0v) is 29.8. The summed E-state index contributed by atoms with van der Waals surface area (Å²) >= 11 is 0. The summed E-state index contributed by atoms with van der Waals surface area (Å²) in [6.07, 6.45) is 31.8. The van der Waals surface area contributed by atoms with Gasteiger partial charge in [0.1, 0.15) is 18.9 Å². The maximum Gasteiger partial charge on any atom is 0.407 e. The first kappa shape index (κ1) is 42.3. The average molecular weight is 708 g/mol. The van der Waals surface area contributed by atoms with Gasteiger partial charge in [0.15, 0.2) is 0 Å². The molecule has 3 atom stereocenters. The first-order valence-electron chi connectivity index (χ1n) is 17.5. The predicted molar refractivity (Wildman–Crippen MR) is 198 cm³/mol. The van der Waals surface area contributed by atoms with Crippen LogP contribution in [0.4, 0.5) is 4.79 Å². The average Bonchev–Trinajstić information content (AvgIpc) is 3.51. The van der Waals surface area contributed by atoms with Crippen LogP contribution in [0.15, 0.2) is 93.8 Å². The van der Waals surface area contributed by atoms with Gasteiger partial charge < -0.3 is 24.8 Å². The Labute approximate surface area is 299 Å². The van der Waals surface area contributed by atoms with Crippen LogP contribution in [0.2, 0.25) is 0 Å². The zero-order chi connectivity index (χ0) is 36.9. The number of alkyl carbamates (subject to hydrolysis) is 1. The van der Waals surface area contributed by atoms with Gasteiger partial charge in [-0.05, 0) is 57.4 Å². The molecule has 0 spiro atoms. The van der Waals surface area contributed by atoms with E-state index in [1.165, 1.54) is 10.8 Å². The highest BCUT2D eigenvalue weighted by Crippen LogP contribution is 2.30. The number of aromatic nitrogens is 2. The summed E-state index contributed by atoms with van der Waals surface area (Å²) in [5.41, 5.74) is 8.07. The van der Waals surface area contributed by atoms with Crippen LogP contribution >= 0.6 is 0 Å². The molecule has 1 fully saturated rings. The fourth-order valence-corrected chi connectivity index (χ4v) is 4.76. The maximum atomic E-state index is 12.2. The van der Waals surface area contributed by atoms with Crippen LogP contribution in [0.1, 0.15) is 76.5 Å². The van der Waals surface area contributed by atoms with E-state index < -0.39 is 35.7 Å². The molecular formula is C37H53N7O7. The van der Waals surface area contributed by atoms with E-state index in [9.17, 15) is 19.2 Å². The van der Waals surface area contributed by atoms with Gasteiger partial charge in [-0.1, -0.05) is 85.0 Å². The summed E-state index contributed by atoms with van der Waals surface area (Å²) < 4.78 is 17.7. The molecule has 1 unspecified atom stereocenters. The standard InChI is InChI=1S/C37H53N7O7/c1-3-4-5-6-7-8-9-10-11-12-13-14-15-16-17-18-19-20-21-22-33(45)39-23-25-49-26-24-40-37(48)50-29-32-31(42-43-38)27-34(51-32)44-28-30(2)35(46)41-36(44)47/h4-5,7-8,10-11,13-14,16-17,19-20,28,31-32,34H,3,6,9,12,15,18,21-27,29H2,1-2H3,(H,39,45)(H,40,48)(H,41,46,47)/b5-4-,8-7-,11-10-,14-13-,17-16-,20-19-/t31-,32+,34?/m0/s1. The molecule has 2 heterocycles. The Kier molecular flexibility index (Phi) is 22.3. The van der Waals surface area contributed by atoms with E-state index in [-0.39, 0.29) is 38.7 Å². The minimum absolute atomic E-state index is 0.0594. The Morgan fingerprint density at radius 1 is 0.941 bits per heavy atom. The Bertz CT molecular complexity index is 1530. The van der Waals surface area contributed by atoms with Crippen LogP contribution in [0.3, 0.4) is 0 Å². The number of azide groups is 1. The third-order valence-corrected chi connectivity index (χ3v) is 7.46. The first-order valence-corrected chi connectivity index (χ1v) is 17.5. The van der Waals surface area contributed by atoms with E-state index >= 15 is 0 Å². The van der Waals surface area contributed by atoms with Crippen molar-refractivity contribution in [3.05, 3.63) is 116 Å². The molecule has 0 saturated carbocycles. The van der Waals surface area contributed by atoms with E-state index in [0.29, 0.717) is 24.9 Å². The molecule has 278 valence electrons. The zero-order valence-electron chi connectivity index (χ0n) is 29.8. The molecule has 2 amide bonds. The third-order valence-electron chi connectivity index (χ3n) is 7.46. The number of carbonyl (C=O) groups excluding carboxylic acids is 2. The lowest BCUT2D eigenvalue weighted by Gasteiger charge is -2.17. The molecule has 1 saturated heterocycles. The normalized spacial score (nSPS) is 17.8. The largest absolute Gasteiger partial charge is 0.447 e. The number of aromatic amines is 1. The summed E-state index contributed by atoms with van der Waals surface area (Å²) in [5.74, 6) is -0.0594. The van der Waals surface area contributed by atoms with Crippen LogP contribution in [-0.4, -0.2) is 66.6 Å². The molecule has 1 aliphatic rings. The second kappa shape index (κ2) is 26.9. The first-order chi connectivity index (χ1) is 24.8. The molecular weight excluding hydrogens is 654 g/mol. The number of aryl methyl sites for hydroxylation is 1. The molecule has 0 aliphatic carbocycles. The van der Waals surface area contributed by atoms with Gasteiger partial charge in [-0.3, -0.25) is 19.1 Å². The van der Waals surface area contributed by atoms with Crippen molar-refractivity contribution in [2.45, 2.75) is 90.0 Å². The quantitative estimate of drug-likeness (QED) is 0.0378. The molecule has 0 bridgehead atoms. The minimum Gasteiger partial charge on any atom is -0.447 e. The van der Waals surface area contributed by atoms with Crippen molar-refractivity contribution in [2.24, 2.45) is 5.11 Å². The van der Waals surface area contributed by atoms with Crippen molar-refractivity contribution < 1.29 is 23.8 Å². The number of amides is 2. The molecule has 3 N–H and O–H groups in total. The molecule has 0 radical (unpaired) electrons. The van der Waals surface area contributed by atoms with Crippen LogP contribution in [0.5, 0.6) is 0 Å². The number of nitrogens with one attached hydrogen (secondary N) is 3. The SMILES string of the molecule is CC/C=C\C/C=C\C/C=C\C/C=C\C/C=C\C/C=C\CCC(=O)NCCOCCNC(=O)OC[C@H]1OC(n2cc(C)c(=O)[nH]c2=O)C[C@@H]1N=[N+]=[N-]. The van der Waals surface area contributed by atoms with Gasteiger partial charge in [-0.2, -0.15) is 0 Å². The lowest BCUT2D eigenvalue weighted by molar-refractivity contribution is -0.121. The number of carbonyl (C=O) groups is 2. The second-order valence-electron chi connectivity index (χ2n) is 11.6. The van der Waals surface area contributed by atoms with E-state index in [1.807, 2.05) is 6.08 Å². The van der Waals surface area contributed by atoms with Crippen molar-refractivity contribution >= 4 is 12.0 Å². The fourth-order valence-electron chi connectivity index (χ4n) is 4.76. The Morgan fingerprint density at radius 2 is 1.51 bits per heavy atom. The maximum absolute atomic E-state index is 12.2. The van der Waals surface area contributed by atoms with Crippen molar-refractivity contribution in [3.63, 3.8) is 0 Å². The number of rotatable bonds is 24. The lowest BCUT2D eigenvalue weighted by Crippen LogP contribution is -2.34. The second-order valence-corrected chi connectivity index (χ2v) is 11.6. The number of ether oxygens (including phenoxy) is 3. The highest BCUT2D eigenvalue weighted by Gasteiger charge is 2.37. The lowest BCUT2D eigenvalue weighted by atomic mass is 10.1. The summed E-state index contributed by atoms with van der Waals surface area (Å²) in [6, 6.07) is -0.684. The van der Waals surface area contributed by atoms with Crippen LogP contribution in [0, 0.1) is 6.92 Å². The summed E-state index contributed by atoms with van der Waals surface area (Å²) in [5, 5.41) is 9.05. The topological polar surface area (TPSA) is 190 Å². The fraction of sp³-hybridized carbons (Fsp3) is 0.514. The van der Waals surface area contributed by atoms with Gasteiger partial charge in [0.2, 0.25) is 5.91 Å². The van der Waals surface area contributed by atoms with Gasteiger partial charge in [-0.15, -0.1) is 0 Å². The van der Waals surface area contributed by atoms with Crippen LogP contribution in [-0.2, 0) is 19.0 Å². The Hall–Kier alpha value is -4.91. The van der Waals surface area contributed by atoms with Gasteiger partial charge >= 0.3 is 11.8 Å². The van der Waals surface area contributed by atoms with Gasteiger partial charge in [0, 0.05) is 42.6 Å². The number of nitrogens with zero attached hydrogens (tertiary/aromatic N) is 4. The van der Waals surface area contributed by atoms with Crippen LogP contribution < -0.4 is 21.9 Å². The van der Waals surface area contributed by atoms with E-state index in [2.05, 4.69) is 99.4 Å². The molecule has 14 nitrogen and oxygen atoms in total. The summed E-state index contributed by atoms with van der Waals surface area (Å²) in [7, 11) is 0. The summed E-state index contributed by atoms with van der Waals surface area (Å²) in [4.78, 5) is 53.0. The molecule has 14 heteroatoms. The van der Waals surface area contributed by atoms with Gasteiger partial charge in [0.25, 0.3) is 5.56 Å². The number of hydrogen-bond donors (Lipinski definition) is 3. The van der Waals surface area contributed by atoms with Crippen LogP contribution in [0.25, 0.3) is 10.4 Å². The Morgan fingerprint density at radius 3 is 2.10 bits per heavy atom. The smallest absolute Gasteiger partial charge is 0.407 e. The van der Waals surface area contributed by atoms with E-state index in [0.717, 1.165) is 38.5 Å². The van der Waals surface area contributed by atoms with Crippen molar-refractivity contribution in [1.29, 1.82) is 0 Å². The Balaban J connectivity index is 1.46. The van der Waals surface area contributed by atoms with Gasteiger partial charge in [0.05, 0.1) is 19.3 Å². The van der Waals surface area contributed by atoms with Crippen molar-refractivity contribution in [2.75, 3.05) is 32.9 Å².